The fraction of sp³-hybridized carbons (Fsp3) is 0.632. The first-order valence-corrected chi connectivity index (χ1v) is 8.96. The maximum atomic E-state index is 12.6. The van der Waals surface area contributed by atoms with Gasteiger partial charge in [0.05, 0.1) is 19.3 Å². The molecule has 5 nitrogen and oxygen atoms in total. The van der Waals surface area contributed by atoms with Gasteiger partial charge in [0.15, 0.2) is 0 Å². The van der Waals surface area contributed by atoms with Gasteiger partial charge in [-0.15, -0.1) is 0 Å². The van der Waals surface area contributed by atoms with Crippen LogP contribution in [0.1, 0.15) is 30.4 Å². The van der Waals surface area contributed by atoms with Crippen LogP contribution in [-0.2, 0) is 21.3 Å². The number of aryl methyl sites for hydroxylation is 1. The van der Waals surface area contributed by atoms with Gasteiger partial charge in [-0.3, -0.25) is 0 Å². The number of piperidine rings is 1. The van der Waals surface area contributed by atoms with Crippen molar-refractivity contribution < 1.29 is 14.3 Å². The van der Waals surface area contributed by atoms with Crippen LogP contribution in [0.25, 0.3) is 0 Å². The Bertz CT molecular complexity index is 610. The average molecular weight is 330 g/mol. The topological polar surface area (TPSA) is 50.8 Å². The Balaban J connectivity index is 1.37. The summed E-state index contributed by atoms with van der Waals surface area (Å²) in [5, 5.41) is 3.08. The van der Waals surface area contributed by atoms with E-state index in [-0.39, 0.29) is 18.2 Å². The van der Waals surface area contributed by atoms with Gasteiger partial charge in [-0.1, -0.05) is 24.3 Å². The highest BCUT2D eigenvalue weighted by Crippen LogP contribution is 2.46. The lowest BCUT2D eigenvalue weighted by molar-refractivity contribution is 0.0727. The minimum atomic E-state index is -0.0365. The van der Waals surface area contributed by atoms with E-state index in [4.69, 9.17) is 9.47 Å². The Morgan fingerprint density at radius 3 is 2.83 bits per heavy atom. The van der Waals surface area contributed by atoms with Gasteiger partial charge in [-0.05, 0) is 42.2 Å². The fourth-order valence-electron chi connectivity index (χ4n) is 4.57. The van der Waals surface area contributed by atoms with Crippen molar-refractivity contribution in [2.24, 2.45) is 0 Å². The number of benzene rings is 1. The van der Waals surface area contributed by atoms with Gasteiger partial charge in [0.2, 0.25) is 0 Å². The van der Waals surface area contributed by atoms with E-state index in [2.05, 4.69) is 29.6 Å². The number of rotatable bonds is 2. The number of ether oxygens (including phenoxy) is 2. The van der Waals surface area contributed by atoms with E-state index in [1.54, 1.807) is 7.11 Å². The Kier molecular flexibility index (Phi) is 4.22. The second kappa shape index (κ2) is 6.37. The zero-order valence-corrected chi connectivity index (χ0v) is 14.3. The van der Waals surface area contributed by atoms with Crippen molar-refractivity contribution in [2.45, 2.75) is 43.2 Å². The van der Waals surface area contributed by atoms with E-state index in [1.165, 1.54) is 24.0 Å². The average Bonchev–Trinajstić information content (AvgIpc) is 3.21. The molecular weight excluding hydrogens is 304 g/mol. The monoisotopic (exact) mass is 330 g/mol. The molecule has 5 heteroatoms. The minimum Gasteiger partial charge on any atom is -0.377 e. The number of nitrogens with one attached hydrogen (secondary N) is 1. The maximum Gasteiger partial charge on any atom is 0.317 e. The molecule has 1 spiro atoms. The predicted octanol–water partition coefficient (Wildman–Crippen LogP) is 2.09. The number of fused-ring (bicyclic) bond motifs is 2. The van der Waals surface area contributed by atoms with Crippen LogP contribution in [0.5, 0.6) is 0 Å². The van der Waals surface area contributed by atoms with Crippen molar-refractivity contribution >= 4 is 6.03 Å². The fourth-order valence-corrected chi connectivity index (χ4v) is 4.57. The molecule has 2 heterocycles. The van der Waals surface area contributed by atoms with Crippen LogP contribution in [0, 0.1) is 0 Å². The van der Waals surface area contributed by atoms with Crippen molar-refractivity contribution in [3.05, 3.63) is 35.4 Å². The Morgan fingerprint density at radius 1 is 1.25 bits per heavy atom. The standard InChI is InChI=1S/C19H26N2O3/c1-23-17-13-24-12-16(17)20-18(22)21-10-8-19(9-11-21)7-6-14-4-2-3-5-15(14)19/h2-5,16-17H,6-13H2,1H3,(H,20,22). The van der Waals surface area contributed by atoms with Crippen LogP contribution >= 0.6 is 0 Å². The van der Waals surface area contributed by atoms with Gasteiger partial charge in [0, 0.05) is 20.2 Å². The van der Waals surface area contributed by atoms with Gasteiger partial charge >= 0.3 is 6.03 Å². The predicted molar refractivity (Wildman–Crippen MR) is 91.2 cm³/mol. The number of nitrogens with zero attached hydrogens (tertiary/aromatic N) is 1. The van der Waals surface area contributed by atoms with Crippen molar-refractivity contribution in [3.63, 3.8) is 0 Å². The summed E-state index contributed by atoms with van der Waals surface area (Å²) in [5.74, 6) is 0. The van der Waals surface area contributed by atoms with E-state index < -0.39 is 0 Å². The molecule has 2 unspecified atom stereocenters. The molecule has 1 N–H and O–H groups in total. The maximum absolute atomic E-state index is 12.6. The van der Waals surface area contributed by atoms with Crippen molar-refractivity contribution in [1.82, 2.24) is 10.2 Å². The second-order valence-electron chi connectivity index (χ2n) is 7.29. The molecular formula is C19H26N2O3. The van der Waals surface area contributed by atoms with Crippen molar-refractivity contribution in [3.8, 4) is 0 Å². The summed E-state index contributed by atoms with van der Waals surface area (Å²) in [6.07, 6.45) is 4.49. The van der Waals surface area contributed by atoms with Crippen LogP contribution < -0.4 is 5.32 Å². The molecule has 24 heavy (non-hydrogen) atoms. The number of carbonyl (C=O) groups excluding carboxylic acids is 1. The summed E-state index contributed by atoms with van der Waals surface area (Å²) in [6, 6.07) is 8.82. The van der Waals surface area contributed by atoms with E-state index >= 15 is 0 Å². The third-order valence-corrected chi connectivity index (χ3v) is 6.11. The number of amides is 2. The lowest BCUT2D eigenvalue weighted by atomic mass is 9.74. The van der Waals surface area contributed by atoms with Gasteiger partial charge in [-0.2, -0.15) is 0 Å². The van der Waals surface area contributed by atoms with Gasteiger partial charge < -0.3 is 19.7 Å². The Morgan fingerprint density at radius 2 is 2.04 bits per heavy atom. The lowest BCUT2D eigenvalue weighted by Gasteiger charge is -2.40. The zero-order chi connectivity index (χ0) is 16.6. The summed E-state index contributed by atoms with van der Waals surface area (Å²) in [6.45, 7) is 2.74. The molecule has 0 aromatic heterocycles. The van der Waals surface area contributed by atoms with Crippen LogP contribution in [0.2, 0.25) is 0 Å². The molecule has 1 aliphatic carbocycles. The lowest BCUT2D eigenvalue weighted by Crippen LogP contribution is -2.53. The summed E-state index contributed by atoms with van der Waals surface area (Å²) in [4.78, 5) is 14.5. The van der Waals surface area contributed by atoms with Gasteiger partial charge in [-0.25, -0.2) is 4.79 Å². The Hall–Kier alpha value is -1.59. The molecule has 3 aliphatic rings. The normalized spacial score (nSPS) is 28.1. The first-order chi connectivity index (χ1) is 11.7. The molecule has 2 amide bonds. The molecule has 2 atom stereocenters. The first kappa shape index (κ1) is 15.9. The summed E-state index contributed by atoms with van der Waals surface area (Å²) >= 11 is 0. The molecule has 130 valence electrons. The van der Waals surface area contributed by atoms with Crippen LogP contribution in [0.4, 0.5) is 4.79 Å². The highest BCUT2D eigenvalue weighted by atomic mass is 16.5. The number of hydrogen-bond acceptors (Lipinski definition) is 3. The molecule has 0 saturated carbocycles. The number of methoxy groups -OCH3 is 1. The van der Waals surface area contributed by atoms with Crippen LogP contribution in [0.15, 0.2) is 24.3 Å². The first-order valence-electron chi connectivity index (χ1n) is 8.96. The van der Waals surface area contributed by atoms with Crippen molar-refractivity contribution in [2.75, 3.05) is 33.4 Å². The van der Waals surface area contributed by atoms with E-state index in [0.717, 1.165) is 25.9 Å². The highest BCUT2D eigenvalue weighted by Gasteiger charge is 2.42. The number of urea groups is 1. The van der Waals surface area contributed by atoms with Gasteiger partial charge in [0.25, 0.3) is 0 Å². The number of likely N-dealkylation sites (tertiary alicyclic amines) is 1. The molecule has 1 aromatic rings. The van der Waals surface area contributed by atoms with E-state index in [0.29, 0.717) is 18.6 Å². The third kappa shape index (κ3) is 2.70. The SMILES string of the molecule is COC1COCC1NC(=O)N1CCC2(CCc3ccccc32)CC1. The van der Waals surface area contributed by atoms with Crippen molar-refractivity contribution in [1.29, 1.82) is 0 Å². The molecule has 2 aliphatic heterocycles. The molecule has 0 radical (unpaired) electrons. The molecule has 2 fully saturated rings. The number of hydrogen-bond donors (Lipinski definition) is 1. The Labute approximate surface area is 143 Å². The molecule has 1 aromatic carbocycles. The highest BCUT2D eigenvalue weighted by molar-refractivity contribution is 5.75. The summed E-state index contributed by atoms with van der Waals surface area (Å²) < 4.78 is 10.8. The van der Waals surface area contributed by atoms with Crippen LogP contribution in [0.3, 0.4) is 0 Å². The van der Waals surface area contributed by atoms with Crippen LogP contribution in [-0.4, -0.2) is 56.5 Å². The largest absolute Gasteiger partial charge is 0.377 e. The summed E-state index contributed by atoms with van der Waals surface area (Å²) in [7, 11) is 1.67. The van der Waals surface area contributed by atoms with Gasteiger partial charge in [0.1, 0.15) is 6.10 Å². The quantitative estimate of drug-likeness (QED) is 0.903. The van der Waals surface area contributed by atoms with E-state index in [9.17, 15) is 4.79 Å². The molecule has 2 saturated heterocycles. The minimum absolute atomic E-state index is 0.0219. The smallest absolute Gasteiger partial charge is 0.317 e. The summed E-state index contributed by atoms with van der Waals surface area (Å²) in [5.41, 5.74) is 3.31. The molecule has 0 bridgehead atoms. The third-order valence-electron chi connectivity index (χ3n) is 6.11. The van der Waals surface area contributed by atoms with E-state index in [1.807, 2.05) is 4.90 Å². The molecule has 4 rings (SSSR count). The number of carbonyl (C=O) groups is 1. The second-order valence-corrected chi connectivity index (χ2v) is 7.29. The zero-order valence-electron chi connectivity index (χ0n) is 14.3.